The van der Waals surface area contributed by atoms with Crippen LogP contribution in [-0.2, 0) is 16.4 Å². The number of hydrogen-bond acceptors (Lipinski definition) is 5. The van der Waals surface area contributed by atoms with Crippen molar-refractivity contribution in [1.82, 2.24) is 18.8 Å². The highest BCUT2D eigenvalue weighted by Gasteiger charge is 2.22. The van der Waals surface area contributed by atoms with E-state index in [1.54, 1.807) is 30.6 Å². The molecule has 0 aliphatic heterocycles. The number of rotatable bonds is 5. The second kappa shape index (κ2) is 6.75. The van der Waals surface area contributed by atoms with Gasteiger partial charge in [0.15, 0.2) is 0 Å². The van der Waals surface area contributed by atoms with Crippen molar-refractivity contribution in [3.8, 4) is 0 Å². The topological polar surface area (TPSA) is 68.1 Å². The van der Waals surface area contributed by atoms with Crippen LogP contribution in [0.2, 0.25) is 0 Å². The average molecular weight is 380 g/mol. The number of nitrogens with zero attached hydrogens (tertiary/aromatic N) is 4. The Morgan fingerprint density at radius 1 is 1.07 bits per heavy atom. The van der Waals surface area contributed by atoms with Crippen molar-refractivity contribution >= 4 is 32.0 Å². The fraction of sp³-hybridized carbons (Fsp3) is 0.200. The number of hydrogen-bond donors (Lipinski definition) is 0. The molecule has 0 unspecified atom stereocenters. The molecule has 3 aromatic heterocycles. The SMILES string of the molecule is CN(C)CCc1cn(S(=O)(=O)c2cnc3ccccc3c2)c2cccnc12. The molecule has 0 aliphatic carbocycles. The minimum Gasteiger partial charge on any atom is -0.309 e. The van der Waals surface area contributed by atoms with E-state index in [2.05, 4.69) is 14.9 Å². The van der Waals surface area contributed by atoms with Gasteiger partial charge >= 0.3 is 0 Å². The molecule has 0 saturated carbocycles. The zero-order chi connectivity index (χ0) is 19.0. The summed E-state index contributed by atoms with van der Waals surface area (Å²) in [4.78, 5) is 11.0. The summed E-state index contributed by atoms with van der Waals surface area (Å²) in [6.45, 7) is 0.813. The molecule has 6 nitrogen and oxygen atoms in total. The molecule has 0 bridgehead atoms. The first kappa shape index (κ1) is 17.6. The van der Waals surface area contributed by atoms with Crippen LogP contribution in [0.15, 0.2) is 66.0 Å². The van der Waals surface area contributed by atoms with Gasteiger partial charge in [-0.1, -0.05) is 18.2 Å². The third-order valence-electron chi connectivity index (χ3n) is 4.55. The molecule has 4 aromatic rings. The molecule has 7 heteroatoms. The molecule has 0 fully saturated rings. The molecule has 138 valence electrons. The number of pyridine rings is 2. The molecule has 1 aromatic carbocycles. The van der Waals surface area contributed by atoms with Gasteiger partial charge in [0.25, 0.3) is 10.0 Å². The van der Waals surface area contributed by atoms with E-state index in [0.29, 0.717) is 5.52 Å². The quantitative estimate of drug-likeness (QED) is 0.532. The Morgan fingerprint density at radius 2 is 1.89 bits per heavy atom. The van der Waals surface area contributed by atoms with Gasteiger partial charge in [0.1, 0.15) is 4.90 Å². The highest BCUT2D eigenvalue weighted by atomic mass is 32.2. The van der Waals surface area contributed by atoms with E-state index in [1.807, 2.05) is 38.4 Å². The Labute approximate surface area is 158 Å². The first-order chi connectivity index (χ1) is 13.0. The molecular weight excluding hydrogens is 360 g/mol. The summed E-state index contributed by atoms with van der Waals surface area (Å²) in [6.07, 6.45) is 5.51. The smallest absolute Gasteiger partial charge is 0.269 e. The largest absolute Gasteiger partial charge is 0.309 e. The summed E-state index contributed by atoms with van der Waals surface area (Å²) >= 11 is 0. The molecule has 0 N–H and O–H groups in total. The van der Waals surface area contributed by atoms with Gasteiger partial charge in [-0.2, -0.15) is 0 Å². The fourth-order valence-electron chi connectivity index (χ4n) is 3.13. The van der Waals surface area contributed by atoms with Crippen molar-refractivity contribution in [3.63, 3.8) is 0 Å². The molecular formula is C20H20N4O2S. The van der Waals surface area contributed by atoms with E-state index in [0.717, 1.165) is 34.9 Å². The van der Waals surface area contributed by atoms with Crippen molar-refractivity contribution in [2.24, 2.45) is 0 Å². The van der Waals surface area contributed by atoms with Crippen molar-refractivity contribution in [2.75, 3.05) is 20.6 Å². The second-order valence-corrected chi connectivity index (χ2v) is 8.56. The molecule has 4 rings (SSSR count). The summed E-state index contributed by atoms with van der Waals surface area (Å²) in [5.74, 6) is 0. The van der Waals surface area contributed by atoms with Crippen LogP contribution >= 0.6 is 0 Å². The fourth-order valence-corrected chi connectivity index (χ4v) is 4.49. The third kappa shape index (κ3) is 3.20. The van der Waals surface area contributed by atoms with Crippen molar-refractivity contribution in [1.29, 1.82) is 0 Å². The van der Waals surface area contributed by atoms with E-state index in [9.17, 15) is 8.42 Å². The molecule has 0 amide bonds. The summed E-state index contributed by atoms with van der Waals surface area (Å²) < 4.78 is 28.0. The molecule has 0 radical (unpaired) electrons. The van der Waals surface area contributed by atoms with Gasteiger partial charge < -0.3 is 4.90 Å². The van der Waals surface area contributed by atoms with E-state index < -0.39 is 10.0 Å². The normalized spacial score (nSPS) is 12.3. The lowest BCUT2D eigenvalue weighted by Crippen LogP contribution is -2.15. The average Bonchev–Trinajstić information content (AvgIpc) is 3.05. The van der Waals surface area contributed by atoms with Gasteiger partial charge in [-0.05, 0) is 50.3 Å². The Kier molecular flexibility index (Phi) is 4.41. The predicted octanol–water partition coefficient (Wildman–Crippen LogP) is 2.93. The first-order valence-electron chi connectivity index (χ1n) is 8.67. The molecule has 0 saturated heterocycles. The predicted molar refractivity (Wildman–Crippen MR) is 106 cm³/mol. The summed E-state index contributed by atoms with van der Waals surface area (Å²) in [6, 6.07) is 12.7. The third-order valence-corrected chi connectivity index (χ3v) is 6.19. The summed E-state index contributed by atoms with van der Waals surface area (Å²) in [7, 11) is 0.206. The number of likely N-dealkylation sites (N-methyl/N-ethyl adjacent to an activating group) is 1. The zero-order valence-electron chi connectivity index (χ0n) is 15.2. The molecule has 0 atom stereocenters. The minimum atomic E-state index is -3.77. The number of aromatic nitrogens is 3. The molecule has 0 aliphatic rings. The maximum atomic E-state index is 13.3. The van der Waals surface area contributed by atoms with Crippen LogP contribution < -0.4 is 0 Å². The Balaban J connectivity index is 1.86. The number of benzene rings is 1. The lowest BCUT2D eigenvalue weighted by atomic mass is 10.2. The van der Waals surface area contributed by atoms with Crippen LogP contribution in [0.4, 0.5) is 0 Å². The second-order valence-electron chi connectivity index (χ2n) is 6.74. The monoisotopic (exact) mass is 380 g/mol. The van der Waals surface area contributed by atoms with Crippen LogP contribution in [0.5, 0.6) is 0 Å². The van der Waals surface area contributed by atoms with E-state index in [-0.39, 0.29) is 4.90 Å². The van der Waals surface area contributed by atoms with Crippen LogP contribution in [0.1, 0.15) is 5.56 Å². The van der Waals surface area contributed by atoms with Gasteiger partial charge in [0, 0.05) is 30.5 Å². The Hall–Kier alpha value is -2.77. The van der Waals surface area contributed by atoms with Gasteiger partial charge in [0.05, 0.1) is 16.6 Å². The zero-order valence-corrected chi connectivity index (χ0v) is 16.0. The standard InChI is InChI=1S/C20H20N4O2S/c1-23(2)11-9-16-14-24(19-8-5-10-21-20(16)19)27(25,26)17-12-15-6-3-4-7-18(15)22-13-17/h3-8,10,12-14H,9,11H2,1-2H3. The van der Waals surface area contributed by atoms with E-state index in [1.165, 1.54) is 10.2 Å². The molecule has 0 spiro atoms. The van der Waals surface area contributed by atoms with Crippen LogP contribution in [0.3, 0.4) is 0 Å². The van der Waals surface area contributed by atoms with Gasteiger partial charge in [-0.3, -0.25) is 9.97 Å². The summed E-state index contributed by atoms with van der Waals surface area (Å²) in [5.41, 5.74) is 2.98. The Morgan fingerprint density at radius 3 is 2.70 bits per heavy atom. The van der Waals surface area contributed by atoms with Crippen LogP contribution in [0.25, 0.3) is 21.9 Å². The van der Waals surface area contributed by atoms with E-state index >= 15 is 0 Å². The minimum absolute atomic E-state index is 0.168. The highest BCUT2D eigenvalue weighted by Crippen LogP contribution is 2.26. The number of fused-ring (bicyclic) bond motifs is 2. The van der Waals surface area contributed by atoms with Gasteiger partial charge in [-0.25, -0.2) is 12.4 Å². The Bertz CT molecular complexity index is 1230. The van der Waals surface area contributed by atoms with Gasteiger partial charge in [-0.15, -0.1) is 0 Å². The maximum Gasteiger partial charge on any atom is 0.269 e. The maximum absolute atomic E-state index is 13.3. The van der Waals surface area contributed by atoms with E-state index in [4.69, 9.17) is 0 Å². The molecule has 27 heavy (non-hydrogen) atoms. The number of para-hydroxylation sites is 1. The first-order valence-corrected chi connectivity index (χ1v) is 10.1. The van der Waals surface area contributed by atoms with Gasteiger partial charge in [0.2, 0.25) is 0 Å². The molecule has 3 heterocycles. The highest BCUT2D eigenvalue weighted by molar-refractivity contribution is 7.90. The van der Waals surface area contributed by atoms with Crippen LogP contribution in [0, 0.1) is 0 Å². The summed E-state index contributed by atoms with van der Waals surface area (Å²) in [5, 5.41) is 0.793. The lowest BCUT2D eigenvalue weighted by molar-refractivity contribution is 0.414. The van der Waals surface area contributed by atoms with Crippen molar-refractivity contribution in [3.05, 3.63) is 66.6 Å². The van der Waals surface area contributed by atoms with Crippen molar-refractivity contribution < 1.29 is 8.42 Å². The van der Waals surface area contributed by atoms with Crippen LogP contribution in [-0.4, -0.2) is 47.9 Å². The van der Waals surface area contributed by atoms with Crippen molar-refractivity contribution in [2.45, 2.75) is 11.3 Å². The lowest BCUT2D eigenvalue weighted by Gasteiger charge is -2.08.